The zero-order chi connectivity index (χ0) is 14.4. The molecule has 0 bridgehead atoms. The number of thiophene rings is 1. The van der Waals surface area contributed by atoms with E-state index >= 15 is 0 Å². The molecule has 1 aromatic rings. The number of nitrogens with one attached hydrogen (secondary N) is 2. The second kappa shape index (κ2) is 7.13. The second-order valence-electron chi connectivity index (χ2n) is 4.86. The summed E-state index contributed by atoms with van der Waals surface area (Å²) in [4.78, 5) is 23.9. The van der Waals surface area contributed by atoms with Gasteiger partial charge in [0.05, 0.1) is 0 Å². The van der Waals surface area contributed by atoms with Gasteiger partial charge in [-0.3, -0.25) is 0 Å². The lowest BCUT2D eigenvalue weighted by Crippen LogP contribution is -2.50. The van der Waals surface area contributed by atoms with E-state index in [9.17, 15) is 9.59 Å². The Morgan fingerprint density at radius 2 is 2.00 bits per heavy atom. The molecule has 1 unspecified atom stereocenters. The highest BCUT2D eigenvalue weighted by Crippen LogP contribution is 2.10. The van der Waals surface area contributed by atoms with E-state index < -0.39 is 18.0 Å². The predicted molar refractivity (Wildman–Crippen MR) is 75.4 cm³/mol. The summed E-state index contributed by atoms with van der Waals surface area (Å²) >= 11 is 1.64. The van der Waals surface area contributed by atoms with Crippen LogP contribution in [0.4, 0.5) is 4.79 Å². The molecular weight excluding hydrogens is 264 g/mol. The van der Waals surface area contributed by atoms with Crippen LogP contribution >= 0.6 is 11.3 Å². The largest absolute Gasteiger partial charge is 0.480 e. The lowest BCUT2D eigenvalue weighted by molar-refractivity contribution is -0.140. The lowest BCUT2D eigenvalue weighted by Gasteiger charge is -2.20. The molecule has 3 N–H and O–H groups in total. The molecule has 0 saturated carbocycles. The molecule has 0 aliphatic heterocycles. The van der Waals surface area contributed by atoms with Crippen LogP contribution in [0.25, 0.3) is 0 Å². The van der Waals surface area contributed by atoms with Crippen LogP contribution in [-0.2, 0) is 11.2 Å². The van der Waals surface area contributed by atoms with Gasteiger partial charge in [-0.05, 0) is 24.3 Å². The van der Waals surface area contributed by atoms with Crippen molar-refractivity contribution in [3.05, 3.63) is 22.4 Å². The molecule has 2 amide bonds. The molecule has 0 spiro atoms. The van der Waals surface area contributed by atoms with E-state index in [0.29, 0.717) is 0 Å². The molecule has 19 heavy (non-hydrogen) atoms. The van der Waals surface area contributed by atoms with Crippen molar-refractivity contribution in [1.29, 1.82) is 0 Å². The Morgan fingerprint density at radius 1 is 1.32 bits per heavy atom. The molecule has 1 rings (SSSR count). The summed E-state index contributed by atoms with van der Waals surface area (Å²) in [6.45, 7) is 5.41. The van der Waals surface area contributed by atoms with Gasteiger partial charge in [0.15, 0.2) is 0 Å². The molecule has 0 aromatic carbocycles. The Hall–Kier alpha value is -1.56. The van der Waals surface area contributed by atoms with Crippen molar-refractivity contribution in [2.24, 2.45) is 5.92 Å². The number of carboxylic acid groups (broad SMARTS) is 1. The fourth-order valence-electron chi connectivity index (χ4n) is 1.70. The quantitative estimate of drug-likeness (QED) is 0.748. The Labute approximate surface area is 117 Å². The summed E-state index contributed by atoms with van der Waals surface area (Å²) in [7, 11) is 0. The van der Waals surface area contributed by atoms with Crippen molar-refractivity contribution in [3.63, 3.8) is 0 Å². The minimum absolute atomic E-state index is 0.0414. The third-order valence-corrected chi connectivity index (χ3v) is 3.58. The van der Waals surface area contributed by atoms with Crippen LogP contribution in [0.3, 0.4) is 0 Å². The molecule has 5 nitrogen and oxygen atoms in total. The highest BCUT2D eigenvalue weighted by atomic mass is 32.1. The smallest absolute Gasteiger partial charge is 0.326 e. The maximum atomic E-state index is 11.7. The monoisotopic (exact) mass is 284 g/mol. The van der Waals surface area contributed by atoms with Gasteiger partial charge in [0, 0.05) is 17.3 Å². The number of rotatable bonds is 6. The van der Waals surface area contributed by atoms with Crippen LogP contribution in [0.15, 0.2) is 17.5 Å². The van der Waals surface area contributed by atoms with Gasteiger partial charge in [0.25, 0.3) is 0 Å². The Bertz CT molecular complexity index is 418. The van der Waals surface area contributed by atoms with Crippen LogP contribution in [0.2, 0.25) is 0 Å². The van der Waals surface area contributed by atoms with Gasteiger partial charge in [0.2, 0.25) is 0 Å². The van der Waals surface area contributed by atoms with E-state index in [-0.39, 0.29) is 12.0 Å². The van der Waals surface area contributed by atoms with Gasteiger partial charge >= 0.3 is 12.0 Å². The Kier molecular flexibility index (Phi) is 5.82. The fourth-order valence-corrected chi connectivity index (χ4v) is 2.54. The molecule has 1 heterocycles. The molecule has 106 valence electrons. The van der Waals surface area contributed by atoms with E-state index in [0.717, 1.165) is 6.42 Å². The zero-order valence-electron chi connectivity index (χ0n) is 11.3. The molecule has 1 aromatic heterocycles. The summed E-state index contributed by atoms with van der Waals surface area (Å²) < 4.78 is 0. The number of urea groups is 1. The summed E-state index contributed by atoms with van der Waals surface area (Å²) in [6.07, 6.45) is 0.741. The number of carbonyl (C=O) groups excluding carboxylic acids is 1. The molecule has 0 aliphatic carbocycles. The van der Waals surface area contributed by atoms with Gasteiger partial charge in [-0.1, -0.05) is 19.9 Å². The van der Waals surface area contributed by atoms with Gasteiger partial charge in [-0.2, -0.15) is 0 Å². The maximum absolute atomic E-state index is 11.7. The lowest BCUT2D eigenvalue weighted by atomic mass is 10.1. The van der Waals surface area contributed by atoms with Crippen molar-refractivity contribution >= 4 is 23.3 Å². The van der Waals surface area contributed by atoms with Crippen molar-refractivity contribution in [1.82, 2.24) is 10.6 Å². The topological polar surface area (TPSA) is 78.4 Å². The fraction of sp³-hybridized carbons (Fsp3) is 0.538. The first kappa shape index (κ1) is 15.5. The molecule has 0 fully saturated rings. The highest BCUT2D eigenvalue weighted by molar-refractivity contribution is 7.09. The van der Waals surface area contributed by atoms with Crippen LogP contribution in [0.5, 0.6) is 0 Å². The minimum atomic E-state index is -1.02. The van der Waals surface area contributed by atoms with Crippen LogP contribution in [0, 0.1) is 5.92 Å². The molecule has 0 aliphatic rings. The number of aliphatic carboxylic acids is 1. The third kappa shape index (κ3) is 5.30. The number of carboxylic acids is 1. The van der Waals surface area contributed by atoms with E-state index in [1.54, 1.807) is 25.2 Å². The average Bonchev–Trinajstić information content (AvgIpc) is 2.77. The maximum Gasteiger partial charge on any atom is 0.326 e. The van der Waals surface area contributed by atoms with Crippen molar-refractivity contribution in [2.45, 2.75) is 39.3 Å². The SMILES string of the molecule is CC(Cc1cccs1)NC(=O)N[C@@H](C(=O)O)C(C)C. The second-order valence-corrected chi connectivity index (χ2v) is 5.89. The predicted octanol–water partition coefficient (Wildman–Crippen LogP) is 2.09. The number of hydrogen-bond acceptors (Lipinski definition) is 3. The molecule has 0 saturated heterocycles. The Balaban J connectivity index is 2.43. The van der Waals surface area contributed by atoms with Crippen molar-refractivity contribution in [3.8, 4) is 0 Å². The molecule has 6 heteroatoms. The molecular formula is C13H20N2O3S. The highest BCUT2D eigenvalue weighted by Gasteiger charge is 2.23. The van der Waals surface area contributed by atoms with E-state index in [1.165, 1.54) is 4.88 Å². The van der Waals surface area contributed by atoms with E-state index in [1.807, 2.05) is 24.4 Å². The van der Waals surface area contributed by atoms with Crippen LogP contribution < -0.4 is 10.6 Å². The van der Waals surface area contributed by atoms with Gasteiger partial charge in [-0.25, -0.2) is 9.59 Å². The van der Waals surface area contributed by atoms with E-state index in [2.05, 4.69) is 10.6 Å². The third-order valence-electron chi connectivity index (χ3n) is 2.68. The average molecular weight is 284 g/mol. The first-order valence-electron chi connectivity index (χ1n) is 6.22. The first-order valence-corrected chi connectivity index (χ1v) is 7.10. The van der Waals surface area contributed by atoms with Crippen LogP contribution in [-0.4, -0.2) is 29.2 Å². The van der Waals surface area contributed by atoms with Crippen molar-refractivity contribution < 1.29 is 14.7 Å². The summed E-state index contributed by atoms with van der Waals surface area (Å²) in [5, 5.41) is 16.2. The Morgan fingerprint density at radius 3 is 2.47 bits per heavy atom. The number of carbonyl (C=O) groups is 2. The molecule has 2 atom stereocenters. The van der Waals surface area contributed by atoms with Crippen molar-refractivity contribution in [2.75, 3.05) is 0 Å². The minimum Gasteiger partial charge on any atom is -0.480 e. The summed E-state index contributed by atoms with van der Waals surface area (Å²) in [5.74, 6) is -1.17. The summed E-state index contributed by atoms with van der Waals surface area (Å²) in [6, 6.07) is 2.63. The zero-order valence-corrected chi connectivity index (χ0v) is 12.2. The van der Waals surface area contributed by atoms with E-state index in [4.69, 9.17) is 5.11 Å². The van der Waals surface area contributed by atoms with Gasteiger partial charge in [0.1, 0.15) is 6.04 Å². The van der Waals surface area contributed by atoms with Gasteiger partial charge in [-0.15, -0.1) is 11.3 Å². The van der Waals surface area contributed by atoms with Crippen LogP contribution in [0.1, 0.15) is 25.6 Å². The summed E-state index contributed by atoms with van der Waals surface area (Å²) in [5.41, 5.74) is 0. The molecule has 0 radical (unpaired) electrons. The first-order chi connectivity index (χ1) is 8.90. The number of hydrogen-bond donors (Lipinski definition) is 3. The normalized spacial score (nSPS) is 13.9. The van der Waals surface area contributed by atoms with Gasteiger partial charge < -0.3 is 15.7 Å². The standard InChI is InChI=1S/C13H20N2O3S/c1-8(2)11(12(16)17)15-13(18)14-9(3)7-10-5-4-6-19-10/h4-6,8-9,11H,7H2,1-3H3,(H,16,17)(H2,14,15,18)/t9?,11-/m1/s1. The number of amides is 2.